The number of aryl methyl sites for hydroxylation is 1. The van der Waals surface area contributed by atoms with Gasteiger partial charge in [-0.1, -0.05) is 0 Å². The largest absolute Gasteiger partial charge is 0.296 e. The van der Waals surface area contributed by atoms with E-state index in [4.69, 9.17) is 0 Å². The fourth-order valence-electron chi connectivity index (χ4n) is 0.919. The van der Waals surface area contributed by atoms with E-state index in [1.54, 1.807) is 6.92 Å². The average Bonchev–Trinajstić information content (AvgIpc) is 2.08. The molecule has 0 unspecified atom stereocenters. The Hall–Kier alpha value is -0.840. The van der Waals surface area contributed by atoms with Crippen molar-refractivity contribution >= 4 is 22.2 Å². The van der Waals surface area contributed by atoms with Gasteiger partial charge in [0.25, 0.3) is 6.43 Å². The predicted molar refractivity (Wildman–Crippen MR) is 47.0 cm³/mol. The summed E-state index contributed by atoms with van der Waals surface area (Å²) in [6.07, 6.45) is -0.993. The van der Waals surface area contributed by atoms with Gasteiger partial charge >= 0.3 is 0 Å². The molecule has 0 atom stereocenters. The van der Waals surface area contributed by atoms with Gasteiger partial charge in [-0.25, -0.2) is 8.78 Å². The third-order valence-corrected chi connectivity index (χ3v) is 2.64. The lowest BCUT2D eigenvalue weighted by Gasteiger charge is -2.07. The molecule has 0 N–H and O–H groups in total. The average molecular weight is 250 g/mol. The smallest absolute Gasteiger partial charge is 0.267 e. The van der Waals surface area contributed by atoms with E-state index < -0.39 is 6.43 Å². The van der Waals surface area contributed by atoms with Gasteiger partial charge in [0.15, 0.2) is 6.29 Å². The second kappa shape index (κ2) is 3.91. The SMILES string of the molecule is Cc1cnc(C=O)c(C(F)F)c1Br. The summed E-state index contributed by atoms with van der Waals surface area (Å²) in [5, 5.41) is 0. The van der Waals surface area contributed by atoms with Gasteiger partial charge in [0, 0.05) is 10.7 Å². The summed E-state index contributed by atoms with van der Waals surface area (Å²) in [5.41, 5.74) is 0.0309. The number of aldehydes is 1. The highest BCUT2D eigenvalue weighted by Crippen LogP contribution is 2.30. The van der Waals surface area contributed by atoms with Crippen LogP contribution in [0.1, 0.15) is 28.0 Å². The van der Waals surface area contributed by atoms with Crippen molar-refractivity contribution in [2.75, 3.05) is 0 Å². The maximum atomic E-state index is 12.4. The quantitative estimate of drug-likeness (QED) is 0.755. The maximum Gasteiger partial charge on any atom is 0.267 e. The van der Waals surface area contributed by atoms with Crippen LogP contribution in [0.2, 0.25) is 0 Å². The molecule has 0 radical (unpaired) electrons. The molecule has 1 aromatic rings. The highest BCUT2D eigenvalue weighted by Gasteiger charge is 2.18. The molecular formula is C8H6BrF2NO. The van der Waals surface area contributed by atoms with Gasteiger partial charge in [0.1, 0.15) is 5.69 Å². The standard InChI is InChI=1S/C8H6BrF2NO/c1-4-2-12-5(3-13)6(7(4)9)8(10)11/h2-3,8H,1H3. The molecule has 0 amide bonds. The van der Waals surface area contributed by atoms with Crippen LogP contribution < -0.4 is 0 Å². The minimum absolute atomic E-state index is 0.215. The molecule has 0 saturated heterocycles. The van der Waals surface area contributed by atoms with E-state index in [0.29, 0.717) is 11.8 Å². The second-order valence-electron chi connectivity index (χ2n) is 2.47. The van der Waals surface area contributed by atoms with Crippen molar-refractivity contribution in [3.8, 4) is 0 Å². The van der Waals surface area contributed by atoms with Gasteiger partial charge in [0.2, 0.25) is 0 Å². The van der Waals surface area contributed by atoms with Crippen molar-refractivity contribution in [1.29, 1.82) is 0 Å². The summed E-state index contributed by atoms with van der Waals surface area (Å²) < 4.78 is 25.1. The normalized spacial score (nSPS) is 10.5. The Labute approximate surface area is 82.1 Å². The molecule has 2 nitrogen and oxygen atoms in total. The summed E-state index contributed by atoms with van der Waals surface area (Å²) in [6.45, 7) is 1.64. The zero-order valence-electron chi connectivity index (χ0n) is 6.72. The van der Waals surface area contributed by atoms with E-state index in [1.165, 1.54) is 6.20 Å². The lowest BCUT2D eigenvalue weighted by molar-refractivity contribution is 0.110. The van der Waals surface area contributed by atoms with Crippen molar-refractivity contribution in [2.45, 2.75) is 13.3 Å². The Morgan fingerprint density at radius 3 is 2.69 bits per heavy atom. The Kier molecular flexibility index (Phi) is 3.08. The molecule has 1 rings (SSSR count). The molecule has 13 heavy (non-hydrogen) atoms. The van der Waals surface area contributed by atoms with Gasteiger partial charge in [0.05, 0.1) is 5.56 Å². The van der Waals surface area contributed by atoms with Crippen LogP contribution in [-0.2, 0) is 0 Å². The Morgan fingerprint density at radius 1 is 1.62 bits per heavy atom. The highest BCUT2D eigenvalue weighted by molar-refractivity contribution is 9.10. The van der Waals surface area contributed by atoms with Crippen molar-refractivity contribution in [3.05, 3.63) is 27.5 Å². The second-order valence-corrected chi connectivity index (χ2v) is 3.27. The first-order valence-electron chi connectivity index (χ1n) is 3.46. The fraction of sp³-hybridized carbons (Fsp3) is 0.250. The summed E-state index contributed by atoms with van der Waals surface area (Å²) in [6, 6.07) is 0. The number of nitrogens with zero attached hydrogens (tertiary/aromatic N) is 1. The number of carbonyl (C=O) groups is 1. The first kappa shape index (κ1) is 10.2. The highest BCUT2D eigenvalue weighted by atomic mass is 79.9. The lowest BCUT2D eigenvalue weighted by Crippen LogP contribution is -2.00. The van der Waals surface area contributed by atoms with Crippen molar-refractivity contribution in [1.82, 2.24) is 4.98 Å². The molecule has 0 saturated carbocycles. The first-order chi connectivity index (χ1) is 6.07. The van der Waals surface area contributed by atoms with Crippen LogP contribution in [0.4, 0.5) is 8.78 Å². The Morgan fingerprint density at radius 2 is 2.23 bits per heavy atom. The van der Waals surface area contributed by atoms with Crippen LogP contribution in [0, 0.1) is 6.92 Å². The van der Waals surface area contributed by atoms with E-state index in [9.17, 15) is 13.6 Å². The van der Waals surface area contributed by atoms with Crippen molar-refractivity contribution < 1.29 is 13.6 Å². The van der Waals surface area contributed by atoms with Crippen LogP contribution in [-0.4, -0.2) is 11.3 Å². The third kappa shape index (κ3) is 1.91. The Balaban J connectivity index is 3.41. The van der Waals surface area contributed by atoms with Crippen LogP contribution in [0.5, 0.6) is 0 Å². The number of pyridine rings is 1. The zero-order valence-corrected chi connectivity index (χ0v) is 8.31. The maximum absolute atomic E-state index is 12.4. The summed E-state index contributed by atoms with van der Waals surface area (Å²) in [4.78, 5) is 14.0. The molecule has 0 aromatic carbocycles. The van der Waals surface area contributed by atoms with E-state index in [2.05, 4.69) is 20.9 Å². The Bertz CT molecular complexity index is 341. The van der Waals surface area contributed by atoms with Gasteiger partial charge in [-0.3, -0.25) is 9.78 Å². The number of hydrogen-bond acceptors (Lipinski definition) is 2. The number of hydrogen-bond donors (Lipinski definition) is 0. The first-order valence-corrected chi connectivity index (χ1v) is 4.25. The van der Waals surface area contributed by atoms with Crippen LogP contribution >= 0.6 is 15.9 Å². The molecule has 1 aromatic heterocycles. The molecule has 0 fully saturated rings. The number of aromatic nitrogens is 1. The minimum Gasteiger partial charge on any atom is -0.296 e. The van der Waals surface area contributed by atoms with Crippen LogP contribution in [0.25, 0.3) is 0 Å². The molecular weight excluding hydrogens is 244 g/mol. The molecule has 0 spiro atoms. The minimum atomic E-state index is -2.69. The van der Waals surface area contributed by atoms with Crippen LogP contribution in [0.3, 0.4) is 0 Å². The molecule has 0 aliphatic heterocycles. The molecule has 5 heteroatoms. The third-order valence-electron chi connectivity index (χ3n) is 1.59. The van der Waals surface area contributed by atoms with E-state index >= 15 is 0 Å². The molecule has 70 valence electrons. The zero-order chi connectivity index (χ0) is 10.0. The predicted octanol–water partition coefficient (Wildman–Crippen LogP) is 2.90. The van der Waals surface area contributed by atoms with Crippen LogP contribution in [0.15, 0.2) is 10.7 Å². The van der Waals surface area contributed by atoms with E-state index in [-0.39, 0.29) is 15.7 Å². The fourth-order valence-corrected chi connectivity index (χ4v) is 1.40. The molecule has 0 aliphatic rings. The number of alkyl halides is 2. The topological polar surface area (TPSA) is 30.0 Å². The van der Waals surface area contributed by atoms with Gasteiger partial charge in [-0.2, -0.15) is 0 Å². The lowest BCUT2D eigenvalue weighted by atomic mass is 10.1. The summed E-state index contributed by atoms with van der Waals surface area (Å²) in [5.74, 6) is 0. The molecule has 1 heterocycles. The monoisotopic (exact) mass is 249 g/mol. The van der Waals surface area contributed by atoms with Crippen molar-refractivity contribution in [2.24, 2.45) is 0 Å². The molecule has 0 bridgehead atoms. The van der Waals surface area contributed by atoms with E-state index in [1.807, 2.05) is 0 Å². The summed E-state index contributed by atoms with van der Waals surface area (Å²) in [7, 11) is 0. The van der Waals surface area contributed by atoms with Gasteiger partial charge in [-0.15, -0.1) is 0 Å². The molecule has 0 aliphatic carbocycles. The van der Waals surface area contributed by atoms with Gasteiger partial charge < -0.3 is 0 Å². The number of rotatable bonds is 2. The van der Waals surface area contributed by atoms with E-state index in [0.717, 1.165) is 0 Å². The van der Waals surface area contributed by atoms with Crippen molar-refractivity contribution in [3.63, 3.8) is 0 Å². The number of halogens is 3. The van der Waals surface area contributed by atoms with Gasteiger partial charge in [-0.05, 0) is 28.4 Å². The summed E-state index contributed by atoms with van der Waals surface area (Å²) >= 11 is 2.99. The number of carbonyl (C=O) groups excluding carboxylic acids is 1.